The molecule has 1 unspecified atom stereocenters. The number of carbonyl (C=O) groups excluding carboxylic acids is 1. The highest BCUT2D eigenvalue weighted by Crippen LogP contribution is 2.51. The summed E-state index contributed by atoms with van der Waals surface area (Å²) >= 11 is 0. The molecule has 3 aliphatic heterocycles. The number of rotatable bonds is 3. The first kappa shape index (κ1) is 14.0. The number of hydrogen-bond acceptors (Lipinski definition) is 3. The third kappa shape index (κ3) is 2.02. The number of fused-ring (bicyclic) bond motifs is 5. The SMILES string of the molecule is C=C(C(=O)OC1C[C@@H]2[C@H]3O[C@H]3[C@H](C1)[N+]2(C)C)c1ccccc1. The number of quaternary nitrogens is 1. The van der Waals surface area contributed by atoms with Crippen LogP contribution >= 0.6 is 0 Å². The zero-order valence-corrected chi connectivity index (χ0v) is 13.1. The van der Waals surface area contributed by atoms with Crippen molar-refractivity contribution in [1.29, 1.82) is 0 Å². The maximum absolute atomic E-state index is 12.3. The summed E-state index contributed by atoms with van der Waals surface area (Å²) in [5, 5.41) is 0. The van der Waals surface area contributed by atoms with Gasteiger partial charge in [0.2, 0.25) is 0 Å². The normalized spacial score (nSPS) is 37.3. The third-order valence-corrected chi connectivity index (χ3v) is 5.68. The molecule has 0 spiro atoms. The van der Waals surface area contributed by atoms with Gasteiger partial charge in [-0.2, -0.15) is 0 Å². The summed E-state index contributed by atoms with van der Waals surface area (Å²) in [6.45, 7) is 3.89. The van der Waals surface area contributed by atoms with Crippen LogP contribution in [0.1, 0.15) is 18.4 Å². The predicted octanol–water partition coefficient (Wildman–Crippen LogP) is 2.00. The minimum atomic E-state index is -0.294. The highest BCUT2D eigenvalue weighted by atomic mass is 16.6. The standard InChI is InChI=1S/C18H22NO3/c1-11(12-7-5-4-6-8-12)18(20)21-13-9-14-16-17(22-16)15(10-13)19(14,2)3/h4-8,13-17H,1,9-10H2,2-3H3/q+1/t13?,14-,15+,16-,17+. The molecule has 0 aromatic heterocycles. The number of carbonyl (C=O) groups is 1. The van der Waals surface area contributed by atoms with Crippen LogP contribution in [0, 0.1) is 0 Å². The molecule has 116 valence electrons. The maximum atomic E-state index is 12.3. The Morgan fingerprint density at radius 2 is 1.77 bits per heavy atom. The van der Waals surface area contributed by atoms with E-state index < -0.39 is 0 Å². The molecule has 1 aromatic carbocycles. The van der Waals surface area contributed by atoms with Crippen molar-refractivity contribution in [2.75, 3.05) is 14.1 Å². The second kappa shape index (κ2) is 4.67. The summed E-state index contributed by atoms with van der Waals surface area (Å²) in [5.74, 6) is -0.294. The summed E-state index contributed by atoms with van der Waals surface area (Å²) in [6.07, 6.45) is 2.52. The second-order valence-corrected chi connectivity index (χ2v) is 7.17. The molecule has 0 aliphatic carbocycles. The summed E-state index contributed by atoms with van der Waals surface area (Å²) < 4.78 is 12.5. The Morgan fingerprint density at radius 1 is 1.18 bits per heavy atom. The Morgan fingerprint density at radius 3 is 2.36 bits per heavy atom. The van der Waals surface area contributed by atoms with Crippen molar-refractivity contribution in [3.05, 3.63) is 42.5 Å². The fraction of sp³-hybridized carbons (Fsp3) is 0.500. The van der Waals surface area contributed by atoms with E-state index in [0.717, 1.165) is 22.9 Å². The van der Waals surface area contributed by atoms with Crippen molar-refractivity contribution in [2.24, 2.45) is 0 Å². The van der Waals surface area contributed by atoms with E-state index in [9.17, 15) is 4.79 Å². The number of benzene rings is 1. The number of morpholine rings is 1. The fourth-order valence-corrected chi connectivity index (χ4v) is 4.28. The minimum absolute atomic E-state index is 0.00878. The number of ether oxygens (including phenoxy) is 2. The van der Waals surface area contributed by atoms with E-state index in [-0.39, 0.29) is 12.1 Å². The molecule has 3 saturated heterocycles. The average molecular weight is 300 g/mol. The lowest BCUT2D eigenvalue weighted by Gasteiger charge is -2.45. The smallest absolute Gasteiger partial charge is 0.338 e. The van der Waals surface area contributed by atoms with E-state index in [1.807, 2.05) is 30.3 Å². The van der Waals surface area contributed by atoms with E-state index in [0.29, 0.717) is 29.9 Å². The summed E-state index contributed by atoms with van der Waals surface area (Å²) in [7, 11) is 4.54. The third-order valence-electron chi connectivity index (χ3n) is 5.68. The highest BCUT2D eigenvalue weighted by Gasteiger charge is 2.70. The van der Waals surface area contributed by atoms with Crippen LogP contribution in [0.3, 0.4) is 0 Å². The van der Waals surface area contributed by atoms with Crippen LogP contribution in [-0.4, -0.2) is 54.9 Å². The largest absolute Gasteiger partial charge is 0.458 e. The predicted molar refractivity (Wildman–Crippen MR) is 82.9 cm³/mol. The van der Waals surface area contributed by atoms with Gasteiger partial charge in [-0.15, -0.1) is 0 Å². The van der Waals surface area contributed by atoms with Crippen LogP contribution in [0.5, 0.6) is 0 Å². The fourth-order valence-electron chi connectivity index (χ4n) is 4.28. The van der Waals surface area contributed by atoms with Crippen molar-refractivity contribution in [3.8, 4) is 0 Å². The number of likely N-dealkylation sites (N-methyl/N-ethyl adjacent to an activating group) is 1. The van der Waals surface area contributed by atoms with Crippen LogP contribution in [-0.2, 0) is 14.3 Å². The number of piperidine rings is 1. The zero-order chi connectivity index (χ0) is 15.5. The monoisotopic (exact) mass is 300 g/mol. The van der Waals surface area contributed by atoms with Gasteiger partial charge in [-0.3, -0.25) is 0 Å². The van der Waals surface area contributed by atoms with Crippen molar-refractivity contribution in [3.63, 3.8) is 0 Å². The number of esters is 1. The van der Waals surface area contributed by atoms with E-state index in [4.69, 9.17) is 9.47 Å². The molecule has 0 saturated carbocycles. The Labute approximate surface area is 130 Å². The summed E-state index contributed by atoms with van der Waals surface area (Å²) in [5.41, 5.74) is 1.27. The van der Waals surface area contributed by atoms with Crippen LogP contribution in [0.4, 0.5) is 0 Å². The van der Waals surface area contributed by atoms with Crippen molar-refractivity contribution in [1.82, 2.24) is 0 Å². The molecule has 22 heavy (non-hydrogen) atoms. The number of epoxide rings is 1. The molecule has 5 atom stereocenters. The molecule has 2 bridgehead atoms. The molecular weight excluding hydrogens is 278 g/mol. The van der Waals surface area contributed by atoms with Crippen LogP contribution < -0.4 is 0 Å². The van der Waals surface area contributed by atoms with Gasteiger partial charge in [-0.1, -0.05) is 36.9 Å². The lowest BCUT2D eigenvalue weighted by molar-refractivity contribution is -0.938. The molecule has 3 fully saturated rings. The molecule has 4 heteroatoms. The van der Waals surface area contributed by atoms with Crippen molar-refractivity contribution < 1.29 is 18.8 Å². The Hall–Kier alpha value is -1.65. The van der Waals surface area contributed by atoms with Crippen molar-refractivity contribution >= 4 is 11.5 Å². The van der Waals surface area contributed by atoms with Gasteiger partial charge in [-0.05, 0) is 5.56 Å². The molecule has 0 N–H and O–H groups in total. The van der Waals surface area contributed by atoms with E-state index in [1.54, 1.807) is 0 Å². The lowest BCUT2D eigenvalue weighted by atomic mass is 9.96. The first-order valence-corrected chi connectivity index (χ1v) is 7.92. The van der Waals surface area contributed by atoms with Gasteiger partial charge in [-0.25, -0.2) is 4.79 Å². The summed E-state index contributed by atoms with van der Waals surface area (Å²) in [4.78, 5) is 12.3. The van der Waals surface area contributed by atoms with Crippen LogP contribution in [0.2, 0.25) is 0 Å². The second-order valence-electron chi connectivity index (χ2n) is 7.17. The van der Waals surface area contributed by atoms with Gasteiger partial charge in [0.15, 0.2) is 0 Å². The van der Waals surface area contributed by atoms with Gasteiger partial charge in [0, 0.05) is 12.8 Å². The molecule has 3 heterocycles. The van der Waals surface area contributed by atoms with E-state index in [1.165, 1.54) is 0 Å². The molecule has 3 aliphatic rings. The van der Waals surface area contributed by atoms with Gasteiger partial charge >= 0.3 is 5.97 Å². The Balaban J connectivity index is 1.43. The maximum Gasteiger partial charge on any atom is 0.338 e. The topological polar surface area (TPSA) is 38.8 Å². The molecule has 4 rings (SSSR count). The first-order valence-electron chi connectivity index (χ1n) is 7.92. The average Bonchev–Trinajstić information content (AvgIpc) is 3.25. The van der Waals surface area contributed by atoms with E-state index >= 15 is 0 Å². The summed E-state index contributed by atoms with van der Waals surface area (Å²) in [6, 6.07) is 10.4. The van der Waals surface area contributed by atoms with E-state index in [2.05, 4.69) is 20.7 Å². The number of nitrogens with zero attached hydrogens (tertiary/aromatic N) is 1. The molecule has 4 nitrogen and oxygen atoms in total. The molecule has 0 radical (unpaired) electrons. The van der Waals surface area contributed by atoms with Gasteiger partial charge in [0.25, 0.3) is 0 Å². The van der Waals surface area contributed by atoms with Crippen LogP contribution in [0.25, 0.3) is 5.57 Å². The zero-order valence-electron chi connectivity index (χ0n) is 13.1. The minimum Gasteiger partial charge on any atom is -0.458 e. The Bertz CT molecular complexity index is 604. The first-order chi connectivity index (χ1) is 10.5. The number of hydrogen-bond donors (Lipinski definition) is 0. The lowest BCUT2D eigenvalue weighted by Crippen LogP contribution is -2.59. The highest BCUT2D eigenvalue weighted by molar-refractivity contribution is 6.15. The van der Waals surface area contributed by atoms with Crippen molar-refractivity contribution in [2.45, 2.75) is 43.2 Å². The van der Waals surface area contributed by atoms with Gasteiger partial charge in [0.05, 0.1) is 19.7 Å². The molecular formula is C18H22NO3+. The quantitative estimate of drug-likeness (QED) is 0.371. The van der Waals surface area contributed by atoms with Gasteiger partial charge < -0.3 is 14.0 Å². The van der Waals surface area contributed by atoms with Crippen LogP contribution in [0.15, 0.2) is 36.9 Å². The Kier molecular flexibility index (Phi) is 2.97. The van der Waals surface area contributed by atoms with Gasteiger partial charge in [0.1, 0.15) is 30.4 Å². The molecule has 1 aromatic rings. The molecule has 0 amide bonds.